The van der Waals surface area contributed by atoms with Crippen molar-refractivity contribution in [2.75, 3.05) is 5.32 Å². The van der Waals surface area contributed by atoms with Gasteiger partial charge >= 0.3 is 11.8 Å². The van der Waals surface area contributed by atoms with Gasteiger partial charge in [-0.25, -0.2) is 9.82 Å². The molecule has 6 nitrogen and oxygen atoms in total. The van der Waals surface area contributed by atoms with E-state index in [-0.39, 0.29) is 12.4 Å². The molecule has 0 spiro atoms. The van der Waals surface area contributed by atoms with Crippen molar-refractivity contribution in [2.45, 2.75) is 6.61 Å². The molecular weight excluding hydrogens is 457 g/mol. The number of nitrogens with one attached hydrogen (secondary N) is 2. The number of fused-ring (bicyclic) bond motifs is 1. The number of carbonyl (C=O) groups is 2. The molecule has 34 heavy (non-hydrogen) atoms. The third kappa shape index (κ3) is 5.76. The third-order valence-corrected chi connectivity index (χ3v) is 5.16. The zero-order chi connectivity index (χ0) is 23.9. The van der Waals surface area contributed by atoms with Gasteiger partial charge < -0.3 is 10.1 Å². The summed E-state index contributed by atoms with van der Waals surface area (Å²) in [4.78, 5) is 24.3. The van der Waals surface area contributed by atoms with Crippen molar-refractivity contribution >= 4 is 46.1 Å². The lowest BCUT2D eigenvalue weighted by Crippen LogP contribution is -2.32. The van der Waals surface area contributed by atoms with Crippen molar-refractivity contribution in [3.05, 3.63) is 107 Å². The average molecular weight is 476 g/mol. The van der Waals surface area contributed by atoms with Crippen molar-refractivity contribution in [2.24, 2.45) is 5.10 Å². The molecule has 2 amide bonds. The fourth-order valence-electron chi connectivity index (χ4n) is 3.20. The van der Waals surface area contributed by atoms with Gasteiger partial charge in [0.05, 0.1) is 6.21 Å². The molecule has 4 rings (SSSR count). The molecule has 0 unspecified atom stereocenters. The number of nitrogens with zero attached hydrogens (tertiary/aromatic N) is 1. The highest BCUT2D eigenvalue weighted by molar-refractivity contribution is 6.39. The molecule has 0 bridgehead atoms. The molecule has 4 aromatic carbocycles. The molecular formula is C26H19ClFN3O3. The van der Waals surface area contributed by atoms with E-state index in [9.17, 15) is 14.0 Å². The molecule has 0 saturated carbocycles. The van der Waals surface area contributed by atoms with E-state index in [1.165, 1.54) is 18.3 Å². The Bertz CT molecular complexity index is 1360. The SMILES string of the molecule is O=C(NN=Cc1c(OCc2ccc(F)cc2)ccc2ccccc12)C(=O)Nc1ccc(Cl)cc1. The minimum absolute atomic E-state index is 0.218. The highest BCUT2D eigenvalue weighted by Crippen LogP contribution is 2.27. The zero-order valence-corrected chi connectivity index (χ0v) is 18.6. The maximum Gasteiger partial charge on any atom is 0.329 e. The lowest BCUT2D eigenvalue weighted by atomic mass is 10.0. The van der Waals surface area contributed by atoms with E-state index < -0.39 is 11.8 Å². The van der Waals surface area contributed by atoms with Crippen LogP contribution in [0.25, 0.3) is 10.8 Å². The van der Waals surface area contributed by atoms with E-state index in [4.69, 9.17) is 16.3 Å². The molecule has 0 aliphatic heterocycles. The number of carbonyl (C=O) groups excluding carboxylic acids is 2. The predicted molar refractivity (Wildman–Crippen MR) is 130 cm³/mol. The monoisotopic (exact) mass is 475 g/mol. The minimum Gasteiger partial charge on any atom is -0.488 e. The largest absolute Gasteiger partial charge is 0.488 e. The first-order valence-corrected chi connectivity index (χ1v) is 10.7. The van der Waals surface area contributed by atoms with Crippen LogP contribution in [0.4, 0.5) is 10.1 Å². The minimum atomic E-state index is -0.930. The van der Waals surface area contributed by atoms with E-state index in [0.717, 1.165) is 16.3 Å². The Labute approximate surface area is 200 Å². The van der Waals surface area contributed by atoms with Crippen LogP contribution in [0.5, 0.6) is 5.75 Å². The maximum absolute atomic E-state index is 13.2. The first-order chi connectivity index (χ1) is 16.5. The summed E-state index contributed by atoms with van der Waals surface area (Å²) >= 11 is 5.82. The molecule has 0 radical (unpaired) electrons. The molecule has 0 atom stereocenters. The van der Waals surface area contributed by atoms with E-state index in [1.807, 2.05) is 30.3 Å². The van der Waals surface area contributed by atoms with E-state index >= 15 is 0 Å². The van der Waals surface area contributed by atoms with E-state index in [2.05, 4.69) is 15.8 Å². The van der Waals surface area contributed by atoms with Gasteiger partial charge in [0, 0.05) is 16.3 Å². The average Bonchev–Trinajstić information content (AvgIpc) is 2.85. The highest BCUT2D eigenvalue weighted by atomic mass is 35.5. The second-order valence-electron chi connectivity index (χ2n) is 7.27. The summed E-state index contributed by atoms with van der Waals surface area (Å²) in [6, 6.07) is 23.7. The molecule has 0 fully saturated rings. The number of halogens is 2. The second kappa shape index (κ2) is 10.6. The fourth-order valence-corrected chi connectivity index (χ4v) is 3.33. The number of benzene rings is 4. The normalized spacial score (nSPS) is 10.9. The number of ether oxygens (including phenoxy) is 1. The Morgan fingerprint density at radius 2 is 1.65 bits per heavy atom. The van der Waals surface area contributed by atoms with Crippen LogP contribution in [-0.4, -0.2) is 18.0 Å². The van der Waals surface area contributed by atoms with Crippen molar-refractivity contribution in [1.29, 1.82) is 0 Å². The molecule has 0 saturated heterocycles. The van der Waals surface area contributed by atoms with Crippen molar-refractivity contribution in [3.8, 4) is 5.75 Å². The summed E-state index contributed by atoms with van der Waals surface area (Å²) in [5.74, 6) is -1.60. The summed E-state index contributed by atoms with van der Waals surface area (Å²) in [5.41, 5.74) is 4.08. The summed E-state index contributed by atoms with van der Waals surface area (Å²) in [7, 11) is 0. The van der Waals surface area contributed by atoms with Gasteiger partial charge in [-0.3, -0.25) is 9.59 Å². The lowest BCUT2D eigenvalue weighted by Gasteiger charge is -2.12. The van der Waals surface area contributed by atoms with Crippen molar-refractivity contribution in [3.63, 3.8) is 0 Å². The number of hydrogen-bond donors (Lipinski definition) is 2. The number of hydrogen-bond acceptors (Lipinski definition) is 4. The van der Waals surface area contributed by atoms with Crippen LogP contribution >= 0.6 is 11.6 Å². The van der Waals surface area contributed by atoms with Gasteiger partial charge in [0.2, 0.25) is 0 Å². The van der Waals surface area contributed by atoms with Gasteiger partial charge in [-0.2, -0.15) is 5.10 Å². The number of anilines is 1. The first kappa shape index (κ1) is 22.9. The highest BCUT2D eigenvalue weighted by Gasteiger charge is 2.13. The van der Waals surface area contributed by atoms with Crippen LogP contribution in [0.1, 0.15) is 11.1 Å². The zero-order valence-electron chi connectivity index (χ0n) is 17.8. The molecule has 0 heterocycles. The van der Waals surface area contributed by atoms with Gasteiger partial charge in [0.1, 0.15) is 18.2 Å². The first-order valence-electron chi connectivity index (χ1n) is 10.3. The molecule has 0 aliphatic rings. The van der Waals surface area contributed by atoms with Crippen LogP contribution in [0.3, 0.4) is 0 Å². The maximum atomic E-state index is 13.2. The van der Waals surface area contributed by atoms with Gasteiger partial charge in [-0.05, 0) is 58.8 Å². The van der Waals surface area contributed by atoms with Crippen LogP contribution in [0.2, 0.25) is 5.02 Å². The van der Waals surface area contributed by atoms with Crippen molar-refractivity contribution < 1.29 is 18.7 Å². The number of rotatable bonds is 6. The Balaban J connectivity index is 1.49. The van der Waals surface area contributed by atoms with Crippen LogP contribution < -0.4 is 15.5 Å². The predicted octanol–water partition coefficient (Wildman–Crippen LogP) is 5.30. The number of hydrazone groups is 1. The Hall–Kier alpha value is -4.23. The Morgan fingerprint density at radius 1 is 0.912 bits per heavy atom. The lowest BCUT2D eigenvalue weighted by molar-refractivity contribution is -0.136. The fraction of sp³-hybridized carbons (Fsp3) is 0.0385. The molecule has 170 valence electrons. The Kier molecular flexibility index (Phi) is 7.15. The third-order valence-electron chi connectivity index (χ3n) is 4.91. The molecule has 0 aromatic heterocycles. The van der Waals surface area contributed by atoms with Gasteiger partial charge in [-0.15, -0.1) is 0 Å². The molecule has 0 aliphatic carbocycles. The molecule has 8 heteroatoms. The smallest absolute Gasteiger partial charge is 0.329 e. The number of amides is 2. The summed E-state index contributed by atoms with van der Waals surface area (Å²) in [6.45, 7) is 0.218. The topological polar surface area (TPSA) is 79.8 Å². The summed E-state index contributed by atoms with van der Waals surface area (Å²) in [6.07, 6.45) is 1.43. The summed E-state index contributed by atoms with van der Waals surface area (Å²) in [5, 5.41) is 8.74. The van der Waals surface area contributed by atoms with Crippen LogP contribution in [0.15, 0.2) is 90.0 Å². The second-order valence-corrected chi connectivity index (χ2v) is 7.71. The molecule has 2 N–H and O–H groups in total. The molecule has 4 aromatic rings. The van der Waals surface area contributed by atoms with Gasteiger partial charge in [-0.1, -0.05) is 54.1 Å². The quantitative estimate of drug-likeness (QED) is 0.225. The van der Waals surface area contributed by atoms with Gasteiger partial charge in [0.25, 0.3) is 0 Å². The van der Waals surface area contributed by atoms with E-state index in [0.29, 0.717) is 22.0 Å². The van der Waals surface area contributed by atoms with E-state index in [1.54, 1.807) is 42.5 Å². The van der Waals surface area contributed by atoms with Crippen LogP contribution in [0, 0.1) is 5.82 Å². The van der Waals surface area contributed by atoms with Gasteiger partial charge in [0.15, 0.2) is 0 Å². The van der Waals surface area contributed by atoms with Crippen molar-refractivity contribution in [1.82, 2.24) is 5.43 Å². The van der Waals surface area contributed by atoms with Crippen LogP contribution in [-0.2, 0) is 16.2 Å². The Morgan fingerprint density at radius 3 is 2.41 bits per heavy atom. The standard InChI is InChI=1S/C26H19ClFN3O3/c27-19-8-12-21(13-9-19)30-25(32)26(33)31-29-15-23-22-4-2-1-3-18(22)7-14-24(23)34-16-17-5-10-20(28)11-6-17/h1-15H,16H2,(H,30,32)(H,31,33). The summed E-state index contributed by atoms with van der Waals surface area (Å²) < 4.78 is 19.1.